The van der Waals surface area contributed by atoms with Gasteiger partial charge < -0.3 is 19.1 Å². The van der Waals surface area contributed by atoms with Crippen LogP contribution in [-0.2, 0) is 28.6 Å². The Kier molecular flexibility index (Phi) is 4.51. The minimum absolute atomic E-state index is 0.0763. The molecule has 7 heteroatoms. The van der Waals surface area contributed by atoms with Gasteiger partial charge in [-0.3, -0.25) is 14.4 Å². The van der Waals surface area contributed by atoms with E-state index >= 15 is 0 Å². The largest absolute Gasteiger partial charge is 0.468 e. The highest BCUT2D eigenvalue weighted by molar-refractivity contribution is 6.06. The fraction of sp³-hybridized carbons (Fsp3) is 0.583. The molecule has 104 valence electrons. The van der Waals surface area contributed by atoms with Crippen LogP contribution in [0.15, 0.2) is 0 Å². The number of nitrogens with zero attached hydrogens (tertiary/aromatic N) is 1. The van der Waals surface area contributed by atoms with Gasteiger partial charge in [-0.15, -0.1) is 6.42 Å². The molecule has 1 aliphatic heterocycles. The van der Waals surface area contributed by atoms with Crippen molar-refractivity contribution in [2.45, 2.75) is 12.6 Å². The lowest BCUT2D eigenvalue weighted by Gasteiger charge is -2.31. The average molecular weight is 269 g/mol. The summed E-state index contributed by atoms with van der Waals surface area (Å²) in [6, 6.07) is 0. The number of carbonyl (C=O) groups excluding carboxylic acids is 3. The standard InChI is InChI=1S/C12H15NO6/c1-5-6-13-8(14)7-12(9(13)17-2,10(15)18-3)11(16)19-4/h1,9H,6-7H2,2-4H3. The van der Waals surface area contributed by atoms with Gasteiger partial charge in [0.15, 0.2) is 6.23 Å². The van der Waals surface area contributed by atoms with Crippen LogP contribution in [0.2, 0.25) is 0 Å². The van der Waals surface area contributed by atoms with Gasteiger partial charge >= 0.3 is 11.9 Å². The smallest absolute Gasteiger partial charge is 0.328 e. The van der Waals surface area contributed by atoms with E-state index in [9.17, 15) is 14.4 Å². The first-order valence-electron chi connectivity index (χ1n) is 5.42. The predicted octanol–water partition coefficient (Wildman–Crippen LogP) is -0.843. The van der Waals surface area contributed by atoms with Crippen molar-refractivity contribution < 1.29 is 28.6 Å². The summed E-state index contributed by atoms with van der Waals surface area (Å²) in [7, 11) is 3.51. The van der Waals surface area contributed by atoms with Crippen LogP contribution >= 0.6 is 0 Å². The second-order valence-corrected chi connectivity index (χ2v) is 3.95. The summed E-state index contributed by atoms with van der Waals surface area (Å²) in [5.74, 6) is 0.0257. The van der Waals surface area contributed by atoms with E-state index in [1.807, 2.05) is 0 Å². The topological polar surface area (TPSA) is 82.1 Å². The number of carbonyl (C=O) groups is 3. The SMILES string of the molecule is C#CCN1C(=O)CC(C(=O)OC)(C(=O)OC)C1OC. The van der Waals surface area contributed by atoms with Gasteiger partial charge in [0.05, 0.1) is 27.2 Å². The highest BCUT2D eigenvalue weighted by Crippen LogP contribution is 2.40. The Hall–Kier alpha value is -2.07. The molecule has 0 N–H and O–H groups in total. The van der Waals surface area contributed by atoms with Crippen molar-refractivity contribution in [2.75, 3.05) is 27.9 Å². The molecule has 0 bridgehead atoms. The number of ether oxygens (including phenoxy) is 3. The van der Waals surface area contributed by atoms with Gasteiger partial charge in [-0.25, -0.2) is 0 Å². The normalized spacial score (nSPS) is 20.8. The summed E-state index contributed by atoms with van der Waals surface area (Å²) in [6.07, 6.45) is 3.62. The molecule has 0 aromatic rings. The third kappa shape index (κ3) is 2.15. The van der Waals surface area contributed by atoms with Crippen LogP contribution in [0.1, 0.15) is 6.42 Å². The molecule has 1 amide bonds. The van der Waals surface area contributed by atoms with E-state index in [0.717, 1.165) is 19.1 Å². The summed E-state index contributed by atoms with van der Waals surface area (Å²) in [6.45, 7) is -0.0763. The van der Waals surface area contributed by atoms with Crippen molar-refractivity contribution in [3.05, 3.63) is 0 Å². The molecule has 0 aromatic carbocycles. The van der Waals surface area contributed by atoms with Crippen molar-refractivity contribution in [3.63, 3.8) is 0 Å². The van der Waals surface area contributed by atoms with Gasteiger partial charge in [0.1, 0.15) is 0 Å². The molecule has 0 saturated carbocycles. The molecule has 1 heterocycles. The van der Waals surface area contributed by atoms with E-state index in [2.05, 4.69) is 15.4 Å². The summed E-state index contributed by atoms with van der Waals surface area (Å²) >= 11 is 0. The molecule has 0 aliphatic carbocycles. The molecular weight excluding hydrogens is 254 g/mol. The number of amides is 1. The van der Waals surface area contributed by atoms with E-state index in [0.29, 0.717) is 0 Å². The zero-order chi connectivity index (χ0) is 14.6. The number of rotatable bonds is 4. The number of hydrogen-bond acceptors (Lipinski definition) is 6. The fourth-order valence-electron chi connectivity index (χ4n) is 2.22. The Morgan fingerprint density at radius 2 is 1.89 bits per heavy atom. The molecular formula is C12H15NO6. The Balaban J connectivity index is 3.31. The van der Waals surface area contributed by atoms with Crippen molar-refractivity contribution in [1.82, 2.24) is 4.90 Å². The zero-order valence-electron chi connectivity index (χ0n) is 11.0. The second kappa shape index (κ2) is 5.71. The minimum atomic E-state index is -1.84. The van der Waals surface area contributed by atoms with Crippen molar-refractivity contribution in [2.24, 2.45) is 5.41 Å². The fourth-order valence-corrected chi connectivity index (χ4v) is 2.22. The molecule has 1 unspecified atom stereocenters. The summed E-state index contributed by atoms with van der Waals surface area (Å²) in [5.41, 5.74) is -1.84. The monoisotopic (exact) mass is 269 g/mol. The van der Waals surface area contributed by atoms with Crippen LogP contribution in [0.5, 0.6) is 0 Å². The molecule has 1 saturated heterocycles. The maximum atomic E-state index is 12.0. The van der Waals surface area contributed by atoms with Crippen LogP contribution in [0.25, 0.3) is 0 Å². The van der Waals surface area contributed by atoms with Crippen LogP contribution < -0.4 is 0 Å². The highest BCUT2D eigenvalue weighted by Gasteiger charge is 2.64. The molecule has 1 fully saturated rings. The summed E-state index contributed by atoms with van der Waals surface area (Å²) in [5, 5.41) is 0. The third-order valence-electron chi connectivity index (χ3n) is 3.04. The van der Waals surface area contributed by atoms with Crippen LogP contribution in [0.3, 0.4) is 0 Å². The van der Waals surface area contributed by atoms with Gasteiger partial charge in [-0.1, -0.05) is 5.92 Å². The summed E-state index contributed by atoms with van der Waals surface area (Å²) in [4.78, 5) is 37.0. The average Bonchev–Trinajstić information content (AvgIpc) is 2.71. The van der Waals surface area contributed by atoms with Gasteiger partial charge in [-0.2, -0.15) is 0 Å². The lowest BCUT2D eigenvalue weighted by atomic mass is 9.85. The highest BCUT2D eigenvalue weighted by atomic mass is 16.6. The zero-order valence-corrected chi connectivity index (χ0v) is 11.0. The van der Waals surface area contributed by atoms with E-state index in [4.69, 9.17) is 11.2 Å². The Morgan fingerprint density at radius 1 is 1.37 bits per heavy atom. The van der Waals surface area contributed by atoms with E-state index in [-0.39, 0.29) is 6.54 Å². The molecule has 1 atom stereocenters. The number of esters is 2. The quantitative estimate of drug-likeness (QED) is 0.376. The van der Waals surface area contributed by atoms with Gasteiger partial charge in [0.2, 0.25) is 11.3 Å². The molecule has 1 rings (SSSR count). The van der Waals surface area contributed by atoms with Gasteiger partial charge in [-0.05, 0) is 0 Å². The molecule has 19 heavy (non-hydrogen) atoms. The maximum Gasteiger partial charge on any atom is 0.328 e. The number of hydrogen-bond donors (Lipinski definition) is 0. The van der Waals surface area contributed by atoms with Crippen molar-refractivity contribution in [1.29, 1.82) is 0 Å². The van der Waals surface area contributed by atoms with Crippen LogP contribution in [0.4, 0.5) is 0 Å². The number of likely N-dealkylation sites (tertiary alicyclic amines) is 1. The predicted molar refractivity (Wildman–Crippen MR) is 62.4 cm³/mol. The lowest BCUT2D eigenvalue weighted by molar-refractivity contribution is -0.183. The Labute approximate surface area is 110 Å². The van der Waals surface area contributed by atoms with Crippen molar-refractivity contribution in [3.8, 4) is 12.3 Å². The second-order valence-electron chi connectivity index (χ2n) is 3.95. The number of methoxy groups -OCH3 is 3. The summed E-state index contributed by atoms with van der Waals surface area (Å²) < 4.78 is 14.4. The Morgan fingerprint density at radius 3 is 2.26 bits per heavy atom. The molecule has 7 nitrogen and oxygen atoms in total. The van der Waals surface area contributed by atoms with E-state index in [1.165, 1.54) is 7.11 Å². The van der Waals surface area contributed by atoms with E-state index in [1.54, 1.807) is 0 Å². The molecule has 0 spiro atoms. The molecule has 0 aromatic heterocycles. The Bertz CT molecular complexity index is 422. The molecule has 0 radical (unpaired) electrons. The molecule has 1 aliphatic rings. The van der Waals surface area contributed by atoms with E-state index < -0.39 is 35.9 Å². The first kappa shape index (κ1) is 15.0. The van der Waals surface area contributed by atoms with Gasteiger partial charge in [0.25, 0.3) is 0 Å². The van der Waals surface area contributed by atoms with Crippen LogP contribution in [-0.4, -0.2) is 56.8 Å². The van der Waals surface area contributed by atoms with Crippen molar-refractivity contribution >= 4 is 17.8 Å². The first-order chi connectivity index (χ1) is 8.99. The first-order valence-corrected chi connectivity index (χ1v) is 5.42. The third-order valence-corrected chi connectivity index (χ3v) is 3.04. The maximum absolute atomic E-state index is 12.0. The van der Waals surface area contributed by atoms with Crippen LogP contribution in [0, 0.1) is 17.8 Å². The van der Waals surface area contributed by atoms with Gasteiger partial charge in [0, 0.05) is 7.11 Å². The number of terminal acetylenes is 1. The minimum Gasteiger partial charge on any atom is -0.468 e. The lowest BCUT2D eigenvalue weighted by Crippen LogP contribution is -2.52.